The lowest BCUT2D eigenvalue weighted by atomic mass is 9.92. The van der Waals surface area contributed by atoms with Gasteiger partial charge in [-0.1, -0.05) is 0 Å². The van der Waals surface area contributed by atoms with Crippen LogP contribution in [0.5, 0.6) is 0 Å². The molecule has 0 aliphatic rings. The van der Waals surface area contributed by atoms with Gasteiger partial charge in [0.2, 0.25) is 5.91 Å². The Morgan fingerprint density at radius 1 is 1.45 bits per heavy atom. The highest BCUT2D eigenvalue weighted by Crippen LogP contribution is 2.20. The molecule has 2 aromatic rings. The molecule has 0 fully saturated rings. The van der Waals surface area contributed by atoms with Gasteiger partial charge in [-0.15, -0.1) is 11.3 Å². The maximum atomic E-state index is 11.8. The number of fused-ring (bicyclic) bond motifs is 1. The Bertz CT molecular complexity index is 626. The molecule has 0 spiro atoms. The van der Waals surface area contributed by atoms with E-state index in [1.165, 1.54) is 11.4 Å². The van der Waals surface area contributed by atoms with E-state index in [1.54, 1.807) is 18.4 Å². The predicted molar refractivity (Wildman–Crippen MR) is 82.1 cm³/mol. The number of imidazole rings is 1. The molecule has 2 rings (SSSR count). The summed E-state index contributed by atoms with van der Waals surface area (Å²) in [4.78, 5) is 17.3. The Hall–Kier alpha value is -1.40. The summed E-state index contributed by atoms with van der Waals surface area (Å²) in [6, 6.07) is 0. The smallest absolute Gasteiger partial charge is 0.226 e. The summed E-state index contributed by atoms with van der Waals surface area (Å²) in [7, 11) is 1.67. The number of nitrogens with zero attached hydrogens (tertiary/aromatic N) is 2. The summed E-state index contributed by atoms with van der Waals surface area (Å²) in [6.07, 6.45) is 0. The van der Waals surface area contributed by atoms with Crippen LogP contribution in [-0.4, -0.2) is 28.9 Å². The summed E-state index contributed by atoms with van der Waals surface area (Å²) in [5.74, 6) is 0.0480. The first-order chi connectivity index (χ1) is 9.36. The van der Waals surface area contributed by atoms with Crippen LogP contribution in [0.15, 0.2) is 5.38 Å². The predicted octanol–water partition coefficient (Wildman–Crippen LogP) is 1.87. The molecule has 0 aliphatic heterocycles. The third-order valence-corrected chi connectivity index (χ3v) is 4.47. The van der Waals surface area contributed by atoms with Crippen molar-refractivity contribution in [1.29, 1.82) is 0 Å². The van der Waals surface area contributed by atoms with Gasteiger partial charge in [0.05, 0.1) is 16.8 Å². The van der Waals surface area contributed by atoms with Gasteiger partial charge in [0.25, 0.3) is 0 Å². The van der Waals surface area contributed by atoms with Crippen molar-refractivity contribution in [3.05, 3.63) is 22.5 Å². The monoisotopic (exact) mass is 294 g/mol. The molecule has 5 nitrogen and oxygen atoms in total. The zero-order valence-corrected chi connectivity index (χ0v) is 13.5. The number of aromatic nitrogens is 2. The summed E-state index contributed by atoms with van der Waals surface area (Å²) >= 11 is 1.66. The maximum Gasteiger partial charge on any atom is 0.226 e. The van der Waals surface area contributed by atoms with Crippen LogP contribution < -0.4 is 10.6 Å². The van der Waals surface area contributed by atoms with E-state index in [0.29, 0.717) is 13.1 Å². The largest absolute Gasteiger partial charge is 0.359 e. The molecule has 0 unspecified atom stereocenters. The molecule has 20 heavy (non-hydrogen) atoms. The SMILES string of the molecule is CNC(=O)C(C)(C)CNCc1c(C)nc2scc(C)n12. The van der Waals surface area contributed by atoms with Crippen LogP contribution in [0.2, 0.25) is 0 Å². The number of amides is 1. The van der Waals surface area contributed by atoms with Crippen LogP contribution >= 0.6 is 11.3 Å². The summed E-state index contributed by atoms with van der Waals surface area (Å²) in [5.41, 5.74) is 3.00. The first-order valence-electron chi connectivity index (χ1n) is 6.71. The minimum absolute atomic E-state index is 0.0480. The molecule has 1 amide bonds. The van der Waals surface area contributed by atoms with E-state index in [1.807, 2.05) is 20.8 Å². The van der Waals surface area contributed by atoms with Gasteiger partial charge in [-0.25, -0.2) is 4.98 Å². The Morgan fingerprint density at radius 3 is 2.80 bits per heavy atom. The average Bonchev–Trinajstić information content (AvgIpc) is 2.89. The second-order valence-corrected chi connectivity index (χ2v) is 6.54. The first-order valence-corrected chi connectivity index (χ1v) is 7.59. The molecule has 6 heteroatoms. The van der Waals surface area contributed by atoms with Crippen molar-refractivity contribution in [2.24, 2.45) is 5.41 Å². The summed E-state index contributed by atoms with van der Waals surface area (Å²) in [6.45, 7) is 9.33. The van der Waals surface area contributed by atoms with Gasteiger partial charge in [-0.2, -0.15) is 0 Å². The number of hydrogen-bond acceptors (Lipinski definition) is 4. The normalized spacial score (nSPS) is 12.1. The highest BCUT2D eigenvalue weighted by atomic mass is 32.1. The molecule has 0 aromatic carbocycles. The molecule has 0 radical (unpaired) electrons. The molecule has 2 aromatic heterocycles. The zero-order chi connectivity index (χ0) is 14.9. The van der Waals surface area contributed by atoms with Crippen molar-refractivity contribution in [3.8, 4) is 0 Å². The van der Waals surface area contributed by atoms with E-state index in [9.17, 15) is 4.79 Å². The van der Waals surface area contributed by atoms with Crippen molar-refractivity contribution >= 4 is 22.2 Å². The first kappa shape index (κ1) is 15.0. The van der Waals surface area contributed by atoms with Gasteiger partial charge in [-0.05, 0) is 27.7 Å². The molecule has 0 atom stereocenters. The number of hydrogen-bond donors (Lipinski definition) is 2. The fourth-order valence-electron chi connectivity index (χ4n) is 2.29. The van der Waals surface area contributed by atoms with E-state index in [0.717, 1.165) is 10.7 Å². The van der Waals surface area contributed by atoms with Crippen molar-refractivity contribution < 1.29 is 4.79 Å². The van der Waals surface area contributed by atoms with Crippen molar-refractivity contribution in [3.63, 3.8) is 0 Å². The number of aryl methyl sites for hydroxylation is 2. The van der Waals surface area contributed by atoms with Crippen LogP contribution in [0.4, 0.5) is 0 Å². The van der Waals surface area contributed by atoms with E-state index in [4.69, 9.17) is 0 Å². The average molecular weight is 294 g/mol. The lowest BCUT2D eigenvalue weighted by Gasteiger charge is -2.23. The van der Waals surface area contributed by atoms with Crippen LogP contribution in [0.3, 0.4) is 0 Å². The number of carbonyl (C=O) groups is 1. The van der Waals surface area contributed by atoms with Crippen LogP contribution in [0.25, 0.3) is 4.96 Å². The van der Waals surface area contributed by atoms with Crippen LogP contribution in [0, 0.1) is 19.3 Å². The van der Waals surface area contributed by atoms with Gasteiger partial charge in [0.1, 0.15) is 0 Å². The molecule has 0 saturated carbocycles. The van der Waals surface area contributed by atoms with Gasteiger partial charge in [-0.3, -0.25) is 9.20 Å². The topological polar surface area (TPSA) is 58.4 Å². The summed E-state index contributed by atoms with van der Waals surface area (Å²) in [5, 5.41) is 8.19. The minimum atomic E-state index is -0.420. The molecule has 2 N–H and O–H groups in total. The van der Waals surface area contributed by atoms with E-state index >= 15 is 0 Å². The Labute approximate surface area is 123 Å². The number of thiazole rings is 1. The Balaban J connectivity index is 2.08. The zero-order valence-electron chi connectivity index (χ0n) is 12.7. The molecule has 0 bridgehead atoms. The molecular formula is C14H22N4OS. The lowest BCUT2D eigenvalue weighted by molar-refractivity contribution is -0.128. The number of nitrogens with one attached hydrogen (secondary N) is 2. The van der Waals surface area contributed by atoms with Crippen molar-refractivity contribution in [2.45, 2.75) is 34.2 Å². The molecule has 0 aliphatic carbocycles. The molecular weight excluding hydrogens is 272 g/mol. The number of rotatable bonds is 5. The van der Waals surface area contributed by atoms with E-state index < -0.39 is 5.41 Å². The third kappa shape index (κ3) is 2.71. The van der Waals surface area contributed by atoms with Crippen LogP contribution in [0.1, 0.15) is 30.9 Å². The minimum Gasteiger partial charge on any atom is -0.359 e. The molecule has 110 valence electrons. The standard InChI is InChI=1S/C14H22N4OS/c1-9-7-20-13-17-10(2)11(18(9)13)6-16-8-14(3,4)12(19)15-5/h7,16H,6,8H2,1-5H3,(H,15,19). The van der Waals surface area contributed by atoms with Gasteiger partial charge < -0.3 is 10.6 Å². The Morgan fingerprint density at radius 2 is 2.15 bits per heavy atom. The van der Waals surface area contributed by atoms with Crippen molar-refractivity contribution in [1.82, 2.24) is 20.0 Å². The molecule has 0 saturated heterocycles. The highest BCUT2D eigenvalue weighted by Gasteiger charge is 2.26. The van der Waals surface area contributed by atoms with Gasteiger partial charge in [0.15, 0.2) is 4.96 Å². The van der Waals surface area contributed by atoms with Gasteiger partial charge in [0, 0.05) is 31.2 Å². The third-order valence-electron chi connectivity index (χ3n) is 3.53. The van der Waals surface area contributed by atoms with E-state index in [2.05, 4.69) is 32.3 Å². The highest BCUT2D eigenvalue weighted by molar-refractivity contribution is 7.15. The molecule has 2 heterocycles. The maximum absolute atomic E-state index is 11.8. The van der Waals surface area contributed by atoms with E-state index in [-0.39, 0.29) is 5.91 Å². The fourth-order valence-corrected chi connectivity index (χ4v) is 3.22. The second kappa shape index (κ2) is 5.54. The lowest BCUT2D eigenvalue weighted by Crippen LogP contribution is -2.42. The Kier molecular flexibility index (Phi) is 4.15. The number of carbonyl (C=O) groups excluding carboxylic acids is 1. The fraction of sp³-hybridized carbons (Fsp3) is 0.571. The van der Waals surface area contributed by atoms with Crippen LogP contribution in [-0.2, 0) is 11.3 Å². The van der Waals surface area contributed by atoms with Gasteiger partial charge >= 0.3 is 0 Å². The summed E-state index contributed by atoms with van der Waals surface area (Å²) < 4.78 is 2.18. The quantitative estimate of drug-likeness (QED) is 0.885. The van der Waals surface area contributed by atoms with Crippen molar-refractivity contribution in [2.75, 3.05) is 13.6 Å². The second-order valence-electron chi connectivity index (χ2n) is 5.71.